The number of hydrogen-bond donors (Lipinski definition) is 1. The Labute approximate surface area is 95.2 Å². The van der Waals surface area contributed by atoms with Gasteiger partial charge in [-0.3, -0.25) is 0 Å². The molecule has 1 aromatic rings. The van der Waals surface area contributed by atoms with Crippen LogP contribution in [0, 0.1) is 0 Å². The minimum absolute atomic E-state index is 0.317. The van der Waals surface area contributed by atoms with Gasteiger partial charge in [0.15, 0.2) is 0 Å². The molecule has 2 atom stereocenters. The highest BCUT2D eigenvalue weighted by Gasteiger charge is 2.28. The van der Waals surface area contributed by atoms with Gasteiger partial charge in [0, 0.05) is 26.1 Å². The number of hydrogen-bond acceptors (Lipinski definition) is 4. The zero-order valence-electron chi connectivity index (χ0n) is 9.65. The van der Waals surface area contributed by atoms with E-state index in [2.05, 4.69) is 27.2 Å². The number of fused-ring (bicyclic) bond motifs is 1. The maximum atomic E-state index is 5.73. The molecule has 1 fully saturated rings. The molecule has 1 N–H and O–H groups in total. The maximum Gasteiger partial charge on any atom is 0.0997 e. The summed E-state index contributed by atoms with van der Waals surface area (Å²) in [6.45, 7) is 4.96. The van der Waals surface area contributed by atoms with E-state index in [0.29, 0.717) is 12.1 Å². The first-order valence-electron chi connectivity index (χ1n) is 6.11. The molecular formula is C11H18N4O. The normalized spacial score (nSPS) is 26.7. The van der Waals surface area contributed by atoms with Gasteiger partial charge in [0.05, 0.1) is 23.5 Å². The van der Waals surface area contributed by atoms with E-state index in [4.69, 9.17) is 4.74 Å². The lowest BCUT2D eigenvalue weighted by Gasteiger charge is -2.22. The van der Waals surface area contributed by atoms with E-state index in [9.17, 15) is 0 Å². The van der Waals surface area contributed by atoms with Crippen LogP contribution in [0.2, 0.25) is 0 Å². The van der Waals surface area contributed by atoms with Crippen molar-refractivity contribution >= 4 is 0 Å². The fraction of sp³-hybridized carbons (Fsp3) is 0.818. The summed E-state index contributed by atoms with van der Waals surface area (Å²) in [4.78, 5) is 0. The third-order valence-corrected chi connectivity index (χ3v) is 3.59. The Bertz CT molecular complexity index is 370. The molecule has 1 aromatic heterocycles. The smallest absolute Gasteiger partial charge is 0.0997 e. The molecule has 0 spiro atoms. The van der Waals surface area contributed by atoms with Crippen LogP contribution in [-0.2, 0) is 17.7 Å². The van der Waals surface area contributed by atoms with Crippen LogP contribution in [-0.4, -0.2) is 34.2 Å². The second-order valence-electron chi connectivity index (χ2n) is 4.65. The van der Waals surface area contributed by atoms with Crippen molar-refractivity contribution in [2.24, 2.45) is 0 Å². The van der Waals surface area contributed by atoms with Gasteiger partial charge in [-0.25, -0.2) is 4.68 Å². The van der Waals surface area contributed by atoms with Crippen molar-refractivity contribution in [3.05, 3.63) is 11.4 Å². The zero-order chi connectivity index (χ0) is 11.0. The molecule has 88 valence electrons. The van der Waals surface area contributed by atoms with E-state index in [-0.39, 0.29) is 0 Å². The van der Waals surface area contributed by atoms with E-state index in [1.807, 2.05) is 0 Å². The van der Waals surface area contributed by atoms with Gasteiger partial charge in [-0.2, -0.15) is 0 Å². The van der Waals surface area contributed by atoms with Crippen molar-refractivity contribution in [3.8, 4) is 0 Å². The fourth-order valence-electron chi connectivity index (χ4n) is 2.62. The second kappa shape index (κ2) is 4.14. The lowest BCUT2D eigenvalue weighted by Crippen LogP contribution is -2.28. The summed E-state index contributed by atoms with van der Waals surface area (Å²) < 4.78 is 7.80. The van der Waals surface area contributed by atoms with Crippen LogP contribution in [0.1, 0.15) is 37.2 Å². The summed E-state index contributed by atoms with van der Waals surface area (Å²) in [6.07, 6.45) is 3.67. The molecule has 0 saturated carbocycles. The molecule has 0 aliphatic carbocycles. The highest BCUT2D eigenvalue weighted by molar-refractivity contribution is 5.14. The summed E-state index contributed by atoms with van der Waals surface area (Å²) in [7, 11) is 0. The van der Waals surface area contributed by atoms with Crippen molar-refractivity contribution in [1.82, 2.24) is 20.3 Å². The summed E-state index contributed by atoms with van der Waals surface area (Å²) >= 11 is 0. The molecule has 3 heterocycles. The summed E-state index contributed by atoms with van der Waals surface area (Å²) in [5, 5.41) is 11.8. The topological polar surface area (TPSA) is 52.0 Å². The molecule has 1 saturated heterocycles. The minimum atomic E-state index is 0.317. The molecule has 5 heteroatoms. The predicted molar refractivity (Wildman–Crippen MR) is 59.1 cm³/mol. The molecule has 0 bridgehead atoms. The lowest BCUT2D eigenvalue weighted by molar-refractivity contribution is 0.0674. The van der Waals surface area contributed by atoms with Crippen molar-refractivity contribution < 1.29 is 4.74 Å². The Morgan fingerprint density at radius 2 is 2.50 bits per heavy atom. The minimum Gasteiger partial charge on any atom is -0.376 e. The third kappa shape index (κ3) is 1.64. The highest BCUT2D eigenvalue weighted by Crippen LogP contribution is 2.25. The van der Waals surface area contributed by atoms with Crippen LogP contribution in [0.3, 0.4) is 0 Å². The van der Waals surface area contributed by atoms with Gasteiger partial charge in [-0.1, -0.05) is 5.21 Å². The van der Waals surface area contributed by atoms with E-state index in [1.54, 1.807) is 0 Å². The summed E-state index contributed by atoms with van der Waals surface area (Å²) in [6, 6.07) is 0.317. The Kier molecular flexibility index (Phi) is 2.65. The van der Waals surface area contributed by atoms with Crippen molar-refractivity contribution in [2.75, 3.05) is 13.2 Å². The van der Waals surface area contributed by atoms with Crippen molar-refractivity contribution in [1.29, 1.82) is 0 Å². The second-order valence-corrected chi connectivity index (χ2v) is 4.65. The molecule has 3 rings (SSSR count). The van der Waals surface area contributed by atoms with Crippen LogP contribution >= 0.6 is 0 Å². The number of rotatable bonds is 2. The first kappa shape index (κ1) is 10.2. The van der Waals surface area contributed by atoms with Gasteiger partial charge in [0.1, 0.15) is 0 Å². The zero-order valence-corrected chi connectivity index (χ0v) is 9.65. The Balaban J connectivity index is 1.85. The molecule has 0 radical (unpaired) electrons. The number of aromatic nitrogens is 3. The van der Waals surface area contributed by atoms with E-state index >= 15 is 0 Å². The van der Waals surface area contributed by atoms with Crippen LogP contribution in [0.5, 0.6) is 0 Å². The highest BCUT2D eigenvalue weighted by atomic mass is 16.5. The Hall–Kier alpha value is -0.940. The van der Waals surface area contributed by atoms with Crippen molar-refractivity contribution in [3.63, 3.8) is 0 Å². The fourth-order valence-corrected chi connectivity index (χ4v) is 2.62. The lowest BCUT2D eigenvalue weighted by atomic mass is 10.1. The molecular weight excluding hydrogens is 204 g/mol. The van der Waals surface area contributed by atoms with Crippen molar-refractivity contribution in [2.45, 2.75) is 44.9 Å². The van der Waals surface area contributed by atoms with E-state index in [1.165, 1.54) is 12.1 Å². The Morgan fingerprint density at radius 3 is 3.31 bits per heavy atom. The molecule has 16 heavy (non-hydrogen) atoms. The first-order chi connectivity index (χ1) is 7.86. The molecule has 2 aliphatic rings. The van der Waals surface area contributed by atoms with Gasteiger partial charge in [0.2, 0.25) is 0 Å². The quantitative estimate of drug-likeness (QED) is 0.799. The van der Waals surface area contributed by atoms with Crippen LogP contribution in [0.15, 0.2) is 0 Å². The summed E-state index contributed by atoms with van der Waals surface area (Å²) in [5.74, 6) is 0. The number of ether oxygens (including phenoxy) is 1. The molecule has 5 nitrogen and oxygen atoms in total. The molecule has 0 aromatic carbocycles. The monoisotopic (exact) mass is 222 g/mol. The van der Waals surface area contributed by atoms with Gasteiger partial charge in [0.25, 0.3) is 0 Å². The van der Waals surface area contributed by atoms with Gasteiger partial charge < -0.3 is 10.1 Å². The van der Waals surface area contributed by atoms with Gasteiger partial charge >= 0.3 is 0 Å². The van der Waals surface area contributed by atoms with Crippen LogP contribution in [0.4, 0.5) is 0 Å². The maximum absolute atomic E-state index is 5.73. The molecule has 0 amide bonds. The standard InChI is InChI=1S/C11H18N4O/c1-8(11-3-2-6-16-11)15-10-4-5-12-7-9(10)13-14-15/h8,11-12H,2-7H2,1H3. The number of nitrogens with one attached hydrogen (secondary N) is 1. The Morgan fingerprint density at radius 1 is 1.56 bits per heavy atom. The summed E-state index contributed by atoms with van der Waals surface area (Å²) in [5.41, 5.74) is 2.40. The largest absolute Gasteiger partial charge is 0.376 e. The van der Waals surface area contributed by atoms with E-state index < -0.39 is 0 Å². The third-order valence-electron chi connectivity index (χ3n) is 3.59. The van der Waals surface area contributed by atoms with Gasteiger partial charge in [-0.05, 0) is 19.8 Å². The SMILES string of the molecule is CC(C1CCCO1)n1nnc2c1CCNC2. The molecule has 2 unspecified atom stereocenters. The average molecular weight is 222 g/mol. The van der Waals surface area contributed by atoms with Crippen LogP contribution < -0.4 is 5.32 Å². The van der Waals surface area contributed by atoms with Gasteiger partial charge in [-0.15, -0.1) is 5.10 Å². The molecule has 2 aliphatic heterocycles. The van der Waals surface area contributed by atoms with E-state index in [0.717, 1.165) is 38.2 Å². The average Bonchev–Trinajstić information content (AvgIpc) is 2.98. The number of nitrogens with zero attached hydrogens (tertiary/aromatic N) is 3. The van der Waals surface area contributed by atoms with Crippen LogP contribution in [0.25, 0.3) is 0 Å². The first-order valence-corrected chi connectivity index (χ1v) is 6.11. The predicted octanol–water partition coefficient (Wildman–Crippen LogP) is 0.664.